The summed E-state index contributed by atoms with van der Waals surface area (Å²) in [5.74, 6) is 0.798. The number of phenolic OH excluding ortho intramolecular Hbond substituents is 1. The molecule has 4 N–H and O–H groups in total. The molecule has 40 heavy (non-hydrogen) atoms. The van der Waals surface area contributed by atoms with Crippen LogP contribution in [-0.4, -0.2) is 40.8 Å². The SMILES string of the molecule is CC(C)(C)OC(=O)NCCCC(=Cc1nc(CSc2ccc(O)cc2)ccc1OCCc1ccccc1)C(N)=O. The number of rotatable bonds is 13. The summed E-state index contributed by atoms with van der Waals surface area (Å²) in [5, 5.41) is 12.2. The molecule has 0 unspecified atom stereocenters. The Balaban J connectivity index is 1.73. The summed E-state index contributed by atoms with van der Waals surface area (Å²) >= 11 is 1.58. The van der Waals surface area contributed by atoms with Gasteiger partial charge in [-0.2, -0.15) is 0 Å². The highest BCUT2D eigenvalue weighted by atomic mass is 32.2. The number of aromatic hydroxyl groups is 1. The van der Waals surface area contributed by atoms with Crippen LogP contribution in [0.5, 0.6) is 11.5 Å². The average Bonchev–Trinajstić information content (AvgIpc) is 2.90. The van der Waals surface area contributed by atoms with Crippen LogP contribution in [0.25, 0.3) is 6.08 Å². The number of hydrogen-bond acceptors (Lipinski definition) is 7. The number of hydrogen-bond donors (Lipinski definition) is 3. The molecule has 0 bridgehead atoms. The minimum Gasteiger partial charge on any atom is -0.508 e. The van der Waals surface area contributed by atoms with Gasteiger partial charge in [0.25, 0.3) is 0 Å². The van der Waals surface area contributed by atoms with Crippen molar-refractivity contribution >= 4 is 29.8 Å². The molecule has 0 saturated heterocycles. The van der Waals surface area contributed by atoms with Gasteiger partial charge in [-0.05, 0) is 81.7 Å². The molecule has 1 heterocycles. The molecule has 0 spiro atoms. The summed E-state index contributed by atoms with van der Waals surface area (Å²) in [7, 11) is 0. The van der Waals surface area contributed by atoms with Gasteiger partial charge in [-0.25, -0.2) is 9.78 Å². The smallest absolute Gasteiger partial charge is 0.407 e. The molecule has 3 aromatic rings. The predicted octanol–water partition coefficient (Wildman–Crippen LogP) is 5.87. The van der Waals surface area contributed by atoms with Crippen LogP contribution in [0.3, 0.4) is 0 Å². The van der Waals surface area contributed by atoms with E-state index in [1.807, 2.05) is 54.6 Å². The van der Waals surface area contributed by atoms with Gasteiger partial charge in [0.1, 0.15) is 22.8 Å². The van der Waals surface area contributed by atoms with E-state index in [1.165, 1.54) is 0 Å². The van der Waals surface area contributed by atoms with Gasteiger partial charge in [0.15, 0.2) is 0 Å². The largest absolute Gasteiger partial charge is 0.508 e. The highest BCUT2D eigenvalue weighted by Crippen LogP contribution is 2.27. The number of aromatic nitrogens is 1. The highest BCUT2D eigenvalue weighted by molar-refractivity contribution is 7.98. The minimum absolute atomic E-state index is 0.215. The van der Waals surface area contributed by atoms with Gasteiger partial charge in [-0.15, -0.1) is 11.8 Å². The Kier molecular flexibility index (Phi) is 11.4. The Morgan fingerprint density at radius 1 is 1.05 bits per heavy atom. The third-order valence-corrected chi connectivity index (χ3v) is 6.62. The first-order chi connectivity index (χ1) is 19.1. The van der Waals surface area contributed by atoms with Crippen LogP contribution in [0.15, 0.2) is 77.2 Å². The van der Waals surface area contributed by atoms with E-state index in [-0.39, 0.29) is 5.75 Å². The lowest BCUT2D eigenvalue weighted by atomic mass is 10.1. The zero-order valence-corrected chi connectivity index (χ0v) is 24.0. The fourth-order valence-corrected chi connectivity index (χ4v) is 4.45. The van der Waals surface area contributed by atoms with E-state index >= 15 is 0 Å². The molecule has 0 fully saturated rings. The number of nitrogens with zero attached hydrogens (tertiary/aromatic N) is 1. The number of benzene rings is 2. The third kappa shape index (κ3) is 11.0. The number of pyridine rings is 1. The monoisotopic (exact) mass is 563 g/mol. The molecule has 212 valence electrons. The fourth-order valence-electron chi connectivity index (χ4n) is 3.65. The Hall–Kier alpha value is -3.98. The van der Waals surface area contributed by atoms with Gasteiger partial charge in [0.2, 0.25) is 5.91 Å². The number of amides is 2. The van der Waals surface area contributed by atoms with E-state index in [0.717, 1.165) is 22.6 Å². The number of carbonyl (C=O) groups is 2. The van der Waals surface area contributed by atoms with Crippen molar-refractivity contribution in [3.05, 3.63) is 89.3 Å². The molecule has 0 aliphatic heterocycles. The molecule has 3 rings (SSSR count). The number of thioether (sulfide) groups is 1. The van der Waals surface area contributed by atoms with Gasteiger partial charge in [-0.1, -0.05) is 30.3 Å². The van der Waals surface area contributed by atoms with Crippen molar-refractivity contribution in [2.75, 3.05) is 13.2 Å². The maximum Gasteiger partial charge on any atom is 0.407 e. The molecule has 0 aliphatic carbocycles. The third-order valence-electron chi connectivity index (χ3n) is 5.58. The molecule has 2 aromatic carbocycles. The van der Waals surface area contributed by atoms with E-state index in [1.54, 1.807) is 50.7 Å². The number of nitrogens with one attached hydrogen (secondary N) is 1. The van der Waals surface area contributed by atoms with Crippen molar-refractivity contribution in [2.45, 2.75) is 56.3 Å². The summed E-state index contributed by atoms with van der Waals surface area (Å²) in [6.07, 6.45) is 2.73. The Bertz CT molecular complexity index is 1290. The van der Waals surface area contributed by atoms with Gasteiger partial charge in [0, 0.05) is 29.2 Å². The van der Waals surface area contributed by atoms with Crippen LogP contribution >= 0.6 is 11.8 Å². The summed E-state index contributed by atoms with van der Waals surface area (Å²) in [5.41, 5.74) is 7.98. The van der Waals surface area contributed by atoms with Crippen molar-refractivity contribution in [3.63, 3.8) is 0 Å². The summed E-state index contributed by atoms with van der Waals surface area (Å²) < 4.78 is 11.3. The molecule has 0 saturated carbocycles. The molecule has 0 radical (unpaired) electrons. The lowest BCUT2D eigenvalue weighted by molar-refractivity contribution is -0.114. The van der Waals surface area contributed by atoms with Crippen LogP contribution in [0.4, 0.5) is 4.79 Å². The molecule has 8 nitrogen and oxygen atoms in total. The van der Waals surface area contributed by atoms with Gasteiger partial charge < -0.3 is 25.6 Å². The van der Waals surface area contributed by atoms with E-state index in [9.17, 15) is 14.7 Å². The molecule has 0 atom stereocenters. The quantitative estimate of drug-likeness (QED) is 0.135. The molecule has 9 heteroatoms. The Labute approximate surface area is 240 Å². The van der Waals surface area contributed by atoms with Crippen LogP contribution in [0, 0.1) is 0 Å². The fraction of sp³-hybridized carbons (Fsp3) is 0.323. The molecule has 1 aromatic heterocycles. The van der Waals surface area contributed by atoms with Gasteiger partial charge in [0.05, 0.1) is 12.3 Å². The van der Waals surface area contributed by atoms with Gasteiger partial charge in [-0.3, -0.25) is 4.79 Å². The maximum atomic E-state index is 12.3. The van der Waals surface area contributed by atoms with Crippen molar-refractivity contribution in [3.8, 4) is 11.5 Å². The summed E-state index contributed by atoms with van der Waals surface area (Å²) in [4.78, 5) is 30.0. The number of phenols is 1. The summed E-state index contributed by atoms with van der Waals surface area (Å²) in [6.45, 7) is 6.16. The second-order valence-corrected chi connectivity index (χ2v) is 11.2. The summed E-state index contributed by atoms with van der Waals surface area (Å²) in [6, 6.07) is 20.8. The van der Waals surface area contributed by atoms with Crippen LogP contribution < -0.4 is 15.8 Å². The van der Waals surface area contributed by atoms with Crippen LogP contribution in [0.2, 0.25) is 0 Å². The van der Waals surface area contributed by atoms with E-state index in [4.69, 9.17) is 20.2 Å². The zero-order valence-electron chi connectivity index (χ0n) is 23.2. The van der Waals surface area contributed by atoms with Crippen molar-refractivity contribution < 1.29 is 24.2 Å². The minimum atomic E-state index is -0.587. The zero-order chi connectivity index (χ0) is 29.0. The van der Waals surface area contributed by atoms with Crippen molar-refractivity contribution in [1.29, 1.82) is 0 Å². The first-order valence-electron chi connectivity index (χ1n) is 13.1. The van der Waals surface area contributed by atoms with Gasteiger partial charge >= 0.3 is 6.09 Å². The number of primary amides is 1. The number of nitrogens with two attached hydrogens (primary N) is 1. The van der Waals surface area contributed by atoms with E-state index in [0.29, 0.717) is 48.8 Å². The van der Waals surface area contributed by atoms with E-state index < -0.39 is 17.6 Å². The molecular weight excluding hydrogens is 526 g/mol. The Morgan fingerprint density at radius 3 is 2.45 bits per heavy atom. The highest BCUT2D eigenvalue weighted by Gasteiger charge is 2.16. The second kappa shape index (κ2) is 15.0. The molecule has 2 amide bonds. The molecular formula is C31H37N3O5S. The van der Waals surface area contributed by atoms with Crippen molar-refractivity contribution in [2.24, 2.45) is 5.73 Å². The lowest BCUT2D eigenvalue weighted by Gasteiger charge is -2.19. The van der Waals surface area contributed by atoms with Crippen LogP contribution in [0.1, 0.15) is 50.6 Å². The van der Waals surface area contributed by atoms with E-state index in [2.05, 4.69) is 5.32 Å². The topological polar surface area (TPSA) is 124 Å². The maximum absolute atomic E-state index is 12.3. The first kappa shape index (κ1) is 30.6. The first-order valence-corrected chi connectivity index (χ1v) is 14.1. The lowest BCUT2D eigenvalue weighted by Crippen LogP contribution is -2.33. The number of ether oxygens (including phenoxy) is 2. The normalized spacial score (nSPS) is 11.6. The standard InChI is InChI=1S/C31H37N3O5S/c1-31(2,3)39-30(37)33-18-7-10-23(29(32)36)20-27-28(38-19-17-22-8-5-4-6-9-22)16-11-24(34-27)21-40-26-14-12-25(35)13-15-26/h4-6,8-9,11-16,20,35H,7,10,17-19,21H2,1-3H3,(H2,32,36)(H,33,37). The second-order valence-electron chi connectivity index (χ2n) is 10.1. The van der Waals surface area contributed by atoms with Crippen LogP contribution in [-0.2, 0) is 21.7 Å². The number of carbonyl (C=O) groups excluding carboxylic acids is 2. The average molecular weight is 564 g/mol. The predicted molar refractivity (Wildman–Crippen MR) is 158 cm³/mol. The Morgan fingerprint density at radius 2 is 1.77 bits per heavy atom. The molecule has 0 aliphatic rings. The van der Waals surface area contributed by atoms with Crippen molar-refractivity contribution in [1.82, 2.24) is 10.3 Å². The number of alkyl carbamates (subject to hydrolysis) is 1.